The maximum absolute atomic E-state index is 14.6. The van der Waals surface area contributed by atoms with Crippen LogP contribution in [0.15, 0.2) is 46.7 Å². The lowest BCUT2D eigenvalue weighted by atomic mass is 10.0. The number of hydrogen-bond donors (Lipinski definition) is 1. The molecule has 0 fully saturated rings. The second kappa shape index (κ2) is 9.25. The van der Waals surface area contributed by atoms with E-state index in [-0.39, 0.29) is 37.7 Å². The average Bonchev–Trinajstić information content (AvgIpc) is 3.38. The highest BCUT2D eigenvalue weighted by molar-refractivity contribution is 14.1. The molecule has 0 radical (unpaired) electrons. The molecule has 0 spiro atoms. The quantitative estimate of drug-likeness (QED) is 0.254. The summed E-state index contributed by atoms with van der Waals surface area (Å²) in [6, 6.07) is 9.08. The van der Waals surface area contributed by atoms with Gasteiger partial charge in [0.15, 0.2) is 17.5 Å². The van der Waals surface area contributed by atoms with Crippen LogP contribution in [0.2, 0.25) is 4.47 Å². The number of benzene rings is 2. The molecule has 2 aromatic heterocycles. The number of nitrogens with one attached hydrogen (secondary N) is 1. The second-order valence-electron chi connectivity index (χ2n) is 6.40. The first-order chi connectivity index (χ1) is 15.1. The SMILES string of the molecule is O=S(=O)(Nc1ccc(F)c(F)c1Cc1ccc(I)cc1F)c1ccc(-c2nsc(Cl)n2)s1. The summed E-state index contributed by atoms with van der Waals surface area (Å²) in [5.41, 5.74) is -0.398. The van der Waals surface area contributed by atoms with Crippen molar-refractivity contribution in [2.24, 2.45) is 0 Å². The smallest absolute Gasteiger partial charge is 0.271 e. The summed E-state index contributed by atoms with van der Waals surface area (Å²) in [5, 5.41) is 0. The molecule has 4 aromatic rings. The minimum absolute atomic E-state index is 0.0884. The van der Waals surface area contributed by atoms with Crippen molar-refractivity contribution >= 4 is 72.8 Å². The molecule has 13 heteroatoms. The van der Waals surface area contributed by atoms with E-state index in [1.54, 1.807) is 6.07 Å². The Labute approximate surface area is 207 Å². The largest absolute Gasteiger partial charge is 0.279 e. The Balaban J connectivity index is 1.68. The van der Waals surface area contributed by atoms with Gasteiger partial charge in [0.1, 0.15) is 10.0 Å². The van der Waals surface area contributed by atoms with Crippen LogP contribution in [0.1, 0.15) is 11.1 Å². The standard InChI is InChI=1S/C19H10ClF3IN3O2S3/c20-19-25-18(26-31-19)15-5-6-16(30-15)32(28,29)27-14-4-3-12(21)17(23)11(14)7-9-1-2-10(24)8-13(9)22/h1-6,8,27H,7H2. The van der Waals surface area contributed by atoms with E-state index in [4.69, 9.17) is 11.6 Å². The Morgan fingerprint density at radius 1 is 1.06 bits per heavy atom. The zero-order chi connectivity index (χ0) is 23.0. The summed E-state index contributed by atoms with van der Waals surface area (Å²) in [5.74, 6) is -2.74. The highest BCUT2D eigenvalue weighted by Gasteiger charge is 2.23. The summed E-state index contributed by atoms with van der Waals surface area (Å²) in [6.07, 6.45) is -0.346. The average molecular weight is 628 g/mol. The number of rotatable bonds is 6. The molecule has 4 rings (SSSR count). The molecule has 0 atom stereocenters. The minimum Gasteiger partial charge on any atom is -0.279 e. The lowest BCUT2D eigenvalue weighted by Gasteiger charge is -2.14. The van der Waals surface area contributed by atoms with Gasteiger partial charge in [0.2, 0.25) is 4.47 Å². The van der Waals surface area contributed by atoms with Crippen LogP contribution in [0.5, 0.6) is 0 Å². The molecule has 2 heterocycles. The van der Waals surface area contributed by atoms with Crippen molar-refractivity contribution in [2.45, 2.75) is 10.6 Å². The van der Waals surface area contributed by atoms with E-state index in [0.717, 1.165) is 35.0 Å². The van der Waals surface area contributed by atoms with E-state index >= 15 is 0 Å². The van der Waals surface area contributed by atoms with Crippen LogP contribution in [0.4, 0.5) is 18.9 Å². The predicted molar refractivity (Wildman–Crippen MR) is 127 cm³/mol. The van der Waals surface area contributed by atoms with E-state index in [1.807, 2.05) is 22.6 Å². The van der Waals surface area contributed by atoms with E-state index in [9.17, 15) is 21.6 Å². The summed E-state index contributed by atoms with van der Waals surface area (Å²) in [6.45, 7) is 0. The molecule has 0 aliphatic heterocycles. The lowest BCUT2D eigenvalue weighted by Crippen LogP contribution is -2.14. The van der Waals surface area contributed by atoms with Gasteiger partial charge < -0.3 is 0 Å². The molecule has 1 N–H and O–H groups in total. The first-order valence-electron chi connectivity index (χ1n) is 8.67. The fourth-order valence-corrected chi connectivity index (χ4v) is 6.26. The minimum atomic E-state index is -4.16. The molecule has 5 nitrogen and oxygen atoms in total. The van der Waals surface area contributed by atoms with Gasteiger partial charge >= 0.3 is 0 Å². The van der Waals surface area contributed by atoms with Crippen LogP contribution in [-0.4, -0.2) is 17.8 Å². The normalized spacial score (nSPS) is 11.7. The maximum Gasteiger partial charge on any atom is 0.271 e. The topological polar surface area (TPSA) is 72.0 Å². The summed E-state index contributed by atoms with van der Waals surface area (Å²) in [7, 11) is -4.16. The Kier molecular flexibility index (Phi) is 6.77. The molecule has 0 bridgehead atoms. The van der Waals surface area contributed by atoms with Gasteiger partial charge in [0, 0.05) is 15.6 Å². The van der Waals surface area contributed by atoms with Crippen molar-refractivity contribution in [3.05, 3.63) is 79.1 Å². The zero-order valence-electron chi connectivity index (χ0n) is 15.6. The number of halogens is 5. The molecule has 2 aromatic carbocycles. The highest BCUT2D eigenvalue weighted by Crippen LogP contribution is 2.33. The number of thiophene rings is 1. The fraction of sp³-hybridized carbons (Fsp3) is 0.0526. The number of nitrogens with zero attached hydrogens (tertiary/aromatic N) is 2. The van der Waals surface area contributed by atoms with E-state index in [1.165, 1.54) is 24.3 Å². The van der Waals surface area contributed by atoms with Gasteiger partial charge in [-0.3, -0.25) is 4.72 Å². The maximum atomic E-state index is 14.6. The third kappa shape index (κ3) is 4.93. The molecule has 0 saturated heterocycles. The van der Waals surface area contributed by atoms with Crippen molar-refractivity contribution in [1.82, 2.24) is 9.36 Å². The fourth-order valence-electron chi connectivity index (χ4n) is 2.80. The van der Waals surface area contributed by atoms with Crippen molar-refractivity contribution in [3.8, 4) is 10.7 Å². The number of anilines is 1. The number of aromatic nitrogens is 2. The van der Waals surface area contributed by atoms with Gasteiger partial charge in [0.05, 0.1) is 10.6 Å². The predicted octanol–water partition coefficient (Wildman–Crippen LogP) is 6.33. The molecule has 0 aliphatic carbocycles. The molecule has 0 saturated carbocycles. The first kappa shape index (κ1) is 23.4. The van der Waals surface area contributed by atoms with E-state index in [0.29, 0.717) is 8.45 Å². The van der Waals surface area contributed by atoms with E-state index in [2.05, 4.69) is 14.1 Å². The van der Waals surface area contributed by atoms with Crippen LogP contribution >= 0.6 is 57.1 Å². The molecule has 32 heavy (non-hydrogen) atoms. The van der Waals surface area contributed by atoms with Gasteiger partial charge in [-0.15, -0.1) is 11.3 Å². The molecular formula is C19H10ClF3IN3O2S3. The summed E-state index contributed by atoms with van der Waals surface area (Å²) in [4.78, 5) is 4.47. The molecule has 0 amide bonds. The first-order valence-corrected chi connectivity index (χ1v) is 13.2. The van der Waals surface area contributed by atoms with Crippen molar-refractivity contribution < 1.29 is 21.6 Å². The van der Waals surface area contributed by atoms with Crippen molar-refractivity contribution in [1.29, 1.82) is 0 Å². The van der Waals surface area contributed by atoms with Crippen LogP contribution < -0.4 is 4.72 Å². The van der Waals surface area contributed by atoms with Crippen LogP contribution in [0.25, 0.3) is 10.7 Å². The Bertz CT molecular complexity index is 1430. The van der Waals surface area contributed by atoms with Gasteiger partial charge in [0.25, 0.3) is 10.0 Å². The Morgan fingerprint density at radius 2 is 1.84 bits per heavy atom. The molecule has 0 aliphatic rings. The second-order valence-corrected chi connectivity index (χ2v) is 12.0. The zero-order valence-corrected chi connectivity index (χ0v) is 20.9. The highest BCUT2D eigenvalue weighted by atomic mass is 127. The van der Waals surface area contributed by atoms with Gasteiger partial charge in [-0.1, -0.05) is 6.07 Å². The Morgan fingerprint density at radius 3 is 2.53 bits per heavy atom. The third-order valence-electron chi connectivity index (χ3n) is 4.29. The van der Waals surface area contributed by atoms with Crippen LogP contribution in [0, 0.1) is 21.0 Å². The number of sulfonamides is 1. The number of hydrogen-bond acceptors (Lipinski definition) is 6. The lowest BCUT2D eigenvalue weighted by molar-refractivity contribution is 0.500. The summed E-state index contributed by atoms with van der Waals surface area (Å²) >= 11 is 9.55. The summed E-state index contributed by atoms with van der Waals surface area (Å²) < 4.78 is 75.7. The molecule has 0 unspecified atom stereocenters. The van der Waals surface area contributed by atoms with Crippen molar-refractivity contribution in [2.75, 3.05) is 4.72 Å². The van der Waals surface area contributed by atoms with Crippen molar-refractivity contribution in [3.63, 3.8) is 0 Å². The van der Waals surface area contributed by atoms with Gasteiger partial charge in [-0.05, 0) is 87.7 Å². The van der Waals surface area contributed by atoms with Gasteiger partial charge in [-0.2, -0.15) is 4.37 Å². The Hall–Kier alpha value is -1.74. The molecule has 166 valence electrons. The van der Waals surface area contributed by atoms with Crippen LogP contribution in [-0.2, 0) is 16.4 Å². The monoisotopic (exact) mass is 627 g/mol. The third-order valence-corrected chi connectivity index (χ3v) is 8.70. The molecular weight excluding hydrogens is 618 g/mol. The van der Waals surface area contributed by atoms with E-state index < -0.39 is 27.5 Å². The van der Waals surface area contributed by atoms with Crippen LogP contribution in [0.3, 0.4) is 0 Å². The van der Waals surface area contributed by atoms with Gasteiger partial charge in [-0.25, -0.2) is 26.6 Å².